The summed E-state index contributed by atoms with van der Waals surface area (Å²) >= 11 is 0. The van der Waals surface area contributed by atoms with Gasteiger partial charge in [0.2, 0.25) is 5.91 Å². The molecule has 0 aliphatic rings. The van der Waals surface area contributed by atoms with E-state index in [2.05, 4.69) is 53.2 Å². The average molecular weight is 305 g/mol. The van der Waals surface area contributed by atoms with E-state index in [1.165, 1.54) is 5.56 Å². The van der Waals surface area contributed by atoms with Crippen molar-refractivity contribution in [3.05, 3.63) is 35.9 Å². The lowest BCUT2D eigenvalue weighted by atomic mass is 10.2. The van der Waals surface area contributed by atoms with Gasteiger partial charge >= 0.3 is 0 Å². The first-order valence-electron chi connectivity index (χ1n) is 8.18. The molecule has 4 nitrogen and oxygen atoms in total. The van der Waals surface area contributed by atoms with Crippen molar-refractivity contribution < 1.29 is 4.79 Å². The Labute approximate surface area is 135 Å². The minimum absolute atomic E-state index is 0.150. The van der Waals surface area contributed by atoms with Gasteiger partial charge in [-0.15, -0.1) is 0 Å². The van der Waals surface area contributed by atoms with Crippen molar-refractivity contribution in [1.82, 2.24) is 15.1 Å². The molecule has 1 rings (SSSR count). The zero-order valence-corrected chi connectivity index (χ0v) is 14.5. The normalized spacial score (nSPS) is 11.4. The molecule has 1 amide bonds. The summed E-state index contributed by atoms with van der Waals surface area (Å²) in [7, 11) is 4.10. The van der Waals surface area contributed by atoms with Gasteiger partial charge < -0.3 is 10.2 Å². The van der Waals surface area contributed by atoms with E-state index in [1.54, 1.807) is 0 Å². The van der Waals surface area contributed by atoms with Crippen molar-refractivity contribution in [3.8, 4) is 0 Å². The zero-order chi connectivity index (χ0) is 16.4. The summed E-state index contributed by atoms with van der Waals surface area (Å²) in [4.78, 5) is 16.4. The van der Waals surface area contributed by atoms with E-state index in [0.29, 0.717) is 12.5 Å². The maximum Gasteiger partial charge on any atom is 0.221 e. The quantitative estimate of drug-likeness (QED) is 0.674. The molecular formula is C18H31N3O. The first-order chi connectivity index (χ1) is 10.5. The monoisotopic (exact) mass is 305 g/mol. The van der Waals surface area contributed by atoms with Gasteiger partial charge in [-0.25, -0.2) is 0 Å². The summed E-state index contributed by atoms with van der Waals surface area (Å²) in [5, 5.41) is 3.00. The highest BCUT2D eigenvalue weighted by Gasteiger charge is 2.12. The number of nitrogens with one attached hydrogen (secondary N) is 1. The van der Waals surface area contributed by atoms with E-state index in [-0.39, 0.29) is 5.91 Å². The molecule has 22 heavy (non-hydrogen) atoms. The lowest BCUT2D eigenvalue weighted by Crippen LogP contribution is -2.35. The van der Waals surface area contributed by atoms with Gasteiger partial charge in [0, 0.05) is 32.1 Å². The van der Waals surface area contributed by atoms with E-state index in [1.807, 2.05) is 20.2 Å². The third kappa shape index (κ3) is 8.15. The lowest BCUT2D eigenvalue weighted by Gasteiger charge is -2.26. The molecule has 0 saturated heterocycles. The SMILES string of the molecule is CC(C)N(CCC(=O)NCCCN(C)C)Cc1ccccc1. The standard InChI is InChI=1S/C18H31N3O/c1-16(2)21(15-17-9-6-5-7-10-17)14-11-18(22)19-12-8-13-20(3)4/h5-7,9-10,16H,8,11-15H2,1-4H3,(H,19,22). The average Bonchev–Trinajstić information content (AvgIpc) is 2.48. The molecule has 1 aromatic rings. The maximum atomic E-state index is 11.9. The summed E-state index contributed by atoms with van der Waals surface area (Å²) in [5.41, 5.74) is 1.29. The summed E-state index contributed by atoms with van der Waals surface area (Å²) in [6.07, 6.45) is 1.56. The molecule has 0 bridgehead atoms. The number of benzene rings is 1. The van der Waals surface area contributed by atoms with Gasteiger partial charge in [0.15, 0.2) is 0 Å². The smallest absolute Gasteiger partial charge is 0.221 e. The van der Waals surface area contributed by atoms with Crippen LogP contribution in [0.15, 0.2) is 30.3 Å². The Bertz CT molecular complexity index is 418. The summed E-state index contributed by atoms with van der Waals surface area (Å²) in [5.74, 6) is 0.150. The predicted octanol–water partition coefficient (Wildman–Crippen LogP) is 2.36. The fourth-order valence-electron chi connectivity index (χ4n) is 2.29. The molecule has 0 fully saturated rings. The Morgan fingerprint density at radius 2 is 1.82 bits per heavy atom. The second-order valence-corrected chi connectivity index (χ2v) is 6.31. The van der Waals surface area contributed by atoms with E-state index in [4.69, 9.17) is 0 Å². The van der Waals surface area contributed by atoms with Crippen molar-refractivity contribution in [2.75, 3.05) is 33.7 Å². The maximum absolute atomic E-state index is 11.9. The van der Waals surface area contributed by atoms with E-state index >= 15 is 0 Å². The third-order valence-corrected chi connectivity index (χ3v) is 3.69. The first-order valence-corrected chi connectivity index (χ1v) is 8.18. The van der Waals surface area contributed by atoms with Crippen molar-refractivity contribution in [2.24, 2.45) is 0 Å². The molecule has 0 atom stereocenters. The second kappa shape index (κ2) is 10.4. The summed E-state index contributed by atoms with van der Waals surface area (Å²) < 4.78 is 0. The van der Waals surface area contributed by atoms with Crippen LogP contribution in [0.25, 0.3) is 0 Å². The van der Waals surface area contributed by atoms with Gasteiger partial charge in [-0.2, -0.15) is 0 Å². The van der Waals surface area contributed by atoms with Crippen LogP contribution in [0.5, 0.6) is 0 Å². The number of carbonyl (C=O) groups is 1. The van der Waals surface area contributed by atoms with Gasteiger partial charge in [0.1, 0.15) is 0 Å². The Kier molecular flexibility index (Phi) is 8.78. The van der Waals surface area contributed by atoms with E-state index in [0.717, 1.165) is 32.6 Å². The molecule has 1 aromatic carbocycles. The summed E-state index contributed by atoms with van der Waals surface area (Å²) in [6.45, 7) is 7.82. The van der Waals surface area contributed by atoms with Gasteiger partial charge in [0.05, 0.1) is 0 Å². The molecule has 0 aliphatic carbocycles. The molecule has 0 aromatic heterocycles. The molecule has 4 heteroatoms. The lowest BCUT2D eigenvalue weighted by molar-refractivity contribution is -0.121. The van der Waals surface area contributed by atoms with Crippen LogP contribution in [0.1, 0.15) is 32.3 Å². The van der Waals surface area contributed by atoms with Crippen LogP contribution < -0.4 is 5.32 Å². The van der Waals surface area contributed by atoms with E-state index < -0.39 is 0 Å². The van der Waals surface area contributed by atoms with Crippen LogP contribution in [0.3, 0.4) is 0 Å². The largest absolute Gasteiger partial charge is 0.356 e. The van der Waals surface area contributed by atoms with Gasteiger partial charge in [-0.1, -0.05) is 30.3 Å². The van der Waals surface area contributed by atoms with Gasteiger partial charge in [-0.3, -0.25) is 9.69 Å². The Morgan fingerprint density at radius 3 is 2.41 bits per heavy atom. The van der Waals surface area contributed by atoms with Crippen LogP contribution in [0, 0.1) is 0 Å². The molecule has 1 N–H and O–H groups in total. The van der Waals surface area contributed by atoms with Crippen molar-refractivity contribution >= 4 is 5.91 Å². The Morgan fingerprint density at radius 1 is 1.14 bits per heavy atom. The second-order valence-electron chi connectivity index (χ2n) is 6.31. The Hall–Kier alpha value is -1.39. The van der Waals surface area contributed by atoms with Crippen LogP contribution in [0.4, 0.5) is 0 Å². The Balaban J connectivity index is 2.30. The molecule has 0 aliphatic heterocycles. The van der Waals surface area contributed by atoms with Crippen molar-refractivity contribution in [2.45, 2.75) is 39.3 Å². The zero-order valence-electron chi connectivity index (χ0n) is 14.5. The van der Waals surface area contributed by atoms with Gasteiger partial charge in [0.25, 0.3) is 0 Å². The molecule has 0 heterocycles. The number of amides is 1. The van der Waals surface area contributed by atoms with Crippen molar-refractivity contribution in [3.63, 3.8) is 0 Å². The minimum Gasteiger partial charge on any atom is -0.356 e. The molecule has 0 radical (unpaired) electrons. The number of hydrogen-bond donors (Lipinski definition) is 1. The van der Waals surface area contributed by atoms with Crippen LogP contribution in [-0.2, 0) is 11.3 Å². The molecule has 0 unspecified atom stereocenters. The molecule has 124 valence electrons. The summed E-state index contributed by atoms with van der Waals surface area (Å²) in [6, 6.07) is 10.9. The van der Waals surface area contributed by atoms with Gasteiger partial charge in [-0.05, 0) is 46.5 Å². The highest BCUT2D eigenvalue weighted by Crippen LogP contribution is 2.08. The molecule has 0 saturated carbocycles. The fraction of sp³-hybridized carbons (Fsp3) is 0.611. The third-order valence-electron chi connectivity index (χ3n) is 3.69. The van der Waals surface area contributed by atoms with E-state index in [9.17, 15) is 4.79 Å². The highest BCUT2D eigenvalue weighted by atomic mass is 16.1. The minimum atomic E-state index is 0.150. The van der Waals surface area contributed by atoms with Crippen LogP contribution >= 0.6 is 0 Å². The number of nitrogens with zero attached hydrogens (tertiary/aromatic N) is 2. The van der Waals surface area contributed by atoms with Crippen LogP contribution in [0.2, 0.25) is 0 Å². The topological polar surface area (TPSA) is 35.6 Å². The van der Waals surface area contributed by atoms with Crippen molar-refractivity contribution in [1.29, 1.82) is 0 Å². The number of rotatable bonds is 10. The molecular weight excluding hydrogens is 274 g/mol. The molecule has 0 spiro atoms. The number of hydrogen-bond acceptors (Lipinski definition) is 3. The highest BCUT2D eigenvalue weighted by molar-refractivity contribution is 5.76. The van der Waals surface area contributed by atoms with Crippen LogP contribution in [-0.4, -0.2) is 55.5 Å². The fourth-order valence-corrected chi connectivity index (χ4v) is 2.29. The number of carbonyl (C=O) groups excluding carboxylic acids is 1. The predicted molar refractivity (Wildman–Crippen MR) is 92.8 cm³/mol. The first kappa shape index (κ1) is 18.7.